The summed E-state index contributed by atoms with van der Waals surface area (Å²) in [6.07, 6.45) is 7.09. The minimum atomic E-state index is -0.403. The summed E-state index contributed by atoms with van der Waals surface area (Å²) in [6.45, 7) is 11.5. The predicted octanol–water partition coefficient (Wildman–Crippen LogP) is 7.13. The standard InChI is InChI=1S/C34H34O6/c1-25(2)33(35)39-23-7-5-21-37-31-17-13-29(14-18-31)27-9-11-28(12-10-27)30-15-19-32(20-16-30)38-22-6-8-24-40-34(36)26(3)4/h5-20H,1,3,21-24H2,2,4H3/b7-5+,8-6+. The van der Waals surface area contributed by atoms with E-state index in [0.29, 0.717) is 24.4 Å². The van der Waals surface area contributed by atoms with Gasteiger partial charge in [-0.05, 0) is 84.7 Å². The normalized spacial score (nSPS) is 10.8. The van der Waals surface area contributed by atoms with Crippen LogP contribution in [0.5, 0.6) is 11.5 Å². The van der Waals surface area contributed by atoms with Crippen molar-refractivity contribution in [3.63, 3.8) is 0 Å². The molecule has 0 saturated carbocycles. The summed E-state index contributed by atoms with van der Waals surface area (Å²) in [6, 6.07) is 24.2. The first-order valence-corrected chi connectivity index (χ1v) is 12.9. The number of rotatable bonds is 14. The smallest absolute Gasteiger partial charge is 0.333 e. The third kappa shape index (κ3) is 9.80. The first-order valence-electron chi connectivity index (χ1n) is 12.9. The fourth-order valence-electron chi connectivity index (χ4n) is 3.40. The van der Waals surface area contributed by atoms with E-state index in [4.69, 9.17) is 18.9 Å². The molecule has 0 N–H and O–H groups in total. The van der Waals surface area contributed by atoms with Gasteiger partial charge in [-0.3, -0.25) is 0 Å². The number of esters is 2. The van der Waals surface area contributed by atoms with Gasteiger partial charge < -0.3 is 18.9 Å². The number of benzene rings is 3. The molecule has 6 nitrogen and oxygen atoms in total. The average Bonchev–Trinajstić information content (AvgIpc) is 2.97. The summed E-state index contributed by atoms with van der Waals surface area (Å²) in [4.78, 5) is 22.7. The maximum Gasteiger partial charge on any atom is 0.333 e. The van der Waals surface area contributed by atoms with Gasteiger partial charge in [-0.2, -0.15) is 0 Å². The Hall–Kier alpha value is -4.84. The fourth-order valence-corrected chi connectivity index (χ4v) is 3.40. The van der Waals surface area contributed by atoms with Crippen molar-refractivity contribution in [3.8, 4) is 33.8 Å². The molecular weight excluding hydrogens is 504 g/mol. The monoisotopic (exact) mass is 538 g/mol. The van der Waals surface area contributed by atoms with Gasteiger partial charge in [-0.1, -0.05) is 61.7 Å². The third-order valence-electron chi connectivity index (χ3n) is 5.60. The number of ether oxygens (including phenoxy) is 4. The lowest BCUT2D eigenvalue weighted by Crippen LogP contribution is -2.04. The Morgan fingerprint density at radius 1 is 0.525 bits per heavy atom. The van der Waals surface area contributed by atoms with Gasteiger partial charge in [0, 0.05) is 11.1 Å². The molecule has 0 aliphatic heterocycles. The highest BCUT2D eigenvalue weighted by Gasteiger charge is 2.03. The van der Waals surface area contributed by atoms with E-state index in [0.717, 1.165) is 33.8 Å². The van der Waals surface area contributed by atoms with Crippen LogP contribution in [0.1, 0.15) is 13.8 Å². The van der Waals surface area contributed by atoms with Crippen molar-refractivity contribution in [1.29, 1.82) is 0 Å². The van der Waals surface area contributed by atoms with Gasteiger partial charge >= 0.3 is 11.9 Å². The van der Waals surface area contributed by atoms with Crippen LogP contribution in [0.2, 0.25) is 0 Å². The van der Waals surface area contributed by atoms with Crippen LogP contribution < -0.4 is 9.47 Å². The Bertz CT molecular complexity index is 1240. The van der Waals surface area contributed by atoms with Gasteiger partial charge in [0.1, 0.15) is 37.9 Å². The van der Waals surface area contributed by atoms with Crippen LogP contribution >= 0.6 is 0 Å². The van der Waals surface area contributed by atoms with E-state index < -0.39 is 11.9 Å². The molecule has 206 valence electrons. The van der Waals surface area contributed by atoms with Crippen molar-refractivity contribution in [1.82, 2.24) is 0 Å². The zero-order valence-electron chi connectivity index (χ0n) is 22.9. The Morgan fingerprint density at radius 3 is 1.10 bits per heavy atom. The van der Waals surface area contributed by atoms with Crippen molar-refractivity contribution in [3.05, 3.63) is 121 Å². The summed E-state index contributed by atoms with van der Waals surface area (Å²) in [7, 11) is 0. The van der Waals surface area contributed by atoms with E-state index in [1.807, 2.05) is 48.5 Å². The Balaban J connectivity index is 1.44. The Morgan fingerprint density at radius 2 is 0.800 bits per heavy atom. The molecule has 0 saturated heterocycles. The Labute approximate surface area is 235 Å². The summed E-state index contributed by atoms with van der Waals surface area (Å²) in [5.74, 6) is 0.709. The molecule has 0 heterocycles. The minimum absolute atomic E-state index is 0.192. The second-order valence-electron chi connectivity index (χ2n) is 8.95. The highest BCUT2D eigenvalue weighted by Crippen LogP contribution is 2.27. The molecule has 3 rings (SSSR count). The molecule has 0 aliphatic carbocycles. The van der Waals surface area contributed by atoms with Crippen LogP contribution in [0.4, 0.5) is 0 Å². The van der Waals surface area contributed by atoms with Gasteiger partial charge in [0.05, 0.1) is 0 Å². The van der Waals surface area contributed by atoms with Gasteiger partial charge in [0.15, 0.2) is 0 Å². The lowest BCUT2D eigenvalue weighted by molar-refractivity contribution is -0.138. The molecule has 0 atom stereocenters. The zero-order chi connectivity index (χ0) is 28.7. The van der Waals surface area contributed by atoms with E-state index in [2.05, 4.69) is 37.4 Å². The highest BCUT2D eigenvalue weighted by molar-refractivity contribution is 5.87. The van der Waals surface area contributed by atoms with E-state index in [1.54, 1.807) is 38.2 Å². The summed E-state index contributed by atoms with van der Waals surface area (Å²) >= 11 is 0. The maximum absolute atomic E-state index is 11.3. The summed E-state index contributed by atoms with van der Waals surface area (Å²) in [5, 5.41) is 0. The molecule has 0 amide bonds. The van der Waals surface area contributed by atoms with Gasteiger partial charge in [0.2, 0.25) is 0 Å². The maximum atomic E-state index is 11.3. The quantitative estimate of drug-likeness (QED) is 0.124. The van der Waals surface area contributed by atoms with Crippen molar-refractivity contribution in [2.75, 3.05) is 26.4 Å². The van der Waals surface area contributed by atoms with Crippen LogP contribution in [-0.4, -0.2) is 38.4 Å². The topological polar surface area (TPSA) is 71.1 Å². The molecule has 0 aromatic heterocycles. The predicted molar refractivity (Wildman–Crippen MR) is 158 cm³/mol. The zero-order valence-corrected chi connectivity index (χ0v) is 22.9. The SMILES string of the molecule is C=C(C)C(=O)OC/C=C/COc1ccc(-c2ccc(-c3ccc(OC/C=C/COC(=O)C(=C)C)cc3)cc2)cc1. The lowest BCUT2D eigenvalue weighted by Gasteiger charge is -2.08. The minimum Gasteiger partial charge on any atom is -0.490 e. The first-order chi connectivity index (χ1) is 19.3. The van der Waals surface area contributed by atoms with E-state index in [9.17, 15) is 9.59 Å². The number of hydrogen-bond acceptors (Lipinski definition) is 6. The van der Waals surface area contributed by atoms with Crippen LogP contribution in [0, 0.1) is 0 Å². The molecular formula is C34H34O6. The third-order valence-corrected chi connectivity index (χ3v) is 5.60. The van der Waals surface area contributed by atoms with E-state index in [-0.39, 0.29) is 13.2 Å². The second kappa shape index (κ2) is 15.5. The van der Waals surface area contributed by atoms with Crippen molar-refractivity contribution in [2.24, 2.45) is 0 Å². The molecule has 0 fully saturated rings. The van der Waals surface area contributed by atoms with Crippen LogP contribution in [0.25, 0.3) is 22.3 Å². The molecule has 6 heteroatoms. The van der Waals surface area contributed by atoms with Crippen LogP contribution in [0.3, 0.4) is 0 Å². The summed E-state index contributed by atoms with van der Waals surface area (Å²) in [5.41, 5.74) is 5.15. The van der Waals surface area contributed by atoms with Crippen molar-refractivity contribution >= 4 is 11.9 Å². The highest BCUT2D eigenvalue weighted by atomic mass is 16.5. The van der Waals surface area contributed by atoms with Gasteiger partial charge in [-0.25, -0.2) is 9.59 Å². The lowest BCUT2D eigenvalue weighted by atomic mass is 10.0. The molecule has 0 bridgehead atoms. The molecule has 0 unspecified atom stereocenters. The number of carbonyl (C=O) groups excluding carboxylic acids is 2. The molecule has 40 heavy (non-hydrogen) atoms. The van der Waals surface area contributed by atoms with Crippen molar-refractivity contribution < 1.29 is 28.5 Å². The van der Waals surface area contributed by atoms with Crippen LogP contribution in [0.15, 0.2) is 121 Å². The summed E-state index contributed by atoms with van der Waals surface area (Å²) < 4.78 is 21.4. The molecule has 0 radical (unpaired) electrons. The van der Waals surface area contributed by atoms with E-state index >= 15 is 0 Å². The Kier molecular flexibility index (Phi) is 11.5. The van der Waals surface area contributed by atoms with E-state index in [1.165, 1.54) is 0 Å². The van der Waals surface area contributed by atoms with Gasteiger partial charge in [0.25, 0.3) is 0 Å². The van der Waals surface area contributed by atoms with Crippen LogP contribution in [-0.2, 0) is 19.1 Å². The second-order valence-corrected chi connectivity index (χ2v) is 8.95. The molecule has 3 aromatic rings. The van der Waals surface area contributed by atoms with Gasteiger partial charge in [-0.15, -0.1) is 0 Å². The largest absolute Gasteiger partial charge is 0.490 e. The van der Waals surface area contributed by atoms with Crippen molar-refractivity contribution in [2.45, 2.75) is 13.8 Å². The molecule has 0 spiro atoms. The molecule has 3 aromatic carbocycles. The number of carbonyl (C=O) groups is 2. The number of hydrogen-bond donors (Lipinski definition) is 0. The molecule has 0 aliphatic rings. The fraction of sp³-hybridized carbons (Fsp3) is 0.176. The first kappa shape index (κ1) is 29.7. The average molecular weight is 539 g/mol.